The molecule has 0 saturated heterocycles. The van der Waals surface area contributed by atoms with E-state index in [1.165, 1.54) is 17.1 Å². The summed E-state index contributed by atoms with van der Waals surface area (Å²) in [5, 5.41) is 16.8. The maximum Gasteiger partial charge on any atom is 0.269 e. The third kappa shape index (κ3) is 4.28. The highest BCUT2D eigenvalue weighted by Gasteiger charge is 2.23. The Hall–Kier alpha value is -3.42. The van der Waals surface area contributed by atoms with Gasteiger partial charge in [0.05, 0.1) is 30.9 Å². The van der Waals surface area contributed by atoms with Gasteiger partial charge in [-0.25, -0.2) is 5.01 Å². The number of nitro benzene ring substituents is 1. The molecule has 2 aromatic carbocycles. The van der Waals surface area contributed by atoms with Crippen LogP contribution < -0.4 is 9.47 Å². The fourth-order valence-corrected chi connectivity index (χ4v) is 3.00. The molecule has 146 valence electrons. The summed E-state index contributed by atoms with van der Waals surface area (Å²) in [4.78, 5) is 22.8. The highest BCUT2D eigenvalue weighted by atomic mass is 16.6. The molecule has 0 spiro atoms. The number of ether oxygens (including phenoxy) is 2. The van der Waals surface area contributed by atoms with Gasteiger partial charge >= 0.3 is 0 Å². The lowest BCUT2D eigenvalue weighted by Crippen LogP contribution is -2.31. The number of hydrogen-bond acceptors (Lipinski definition) is 6. The molecule has 1 amide bonds. The minimum atomic E-state index is -0.456. The Kier molecular flexibility index (Phi) is 5.88. The van der Waals surface area contributed by atoms with Crippen molar-refractivity contribution in [2.45, 2.75) is 26.3 Å². The van der Waals surface area contributed by atoms with Crippen LogP contribution in [-0.2, 0) is 11.3 Å². The summed E-state index contributed by atoms with van der Waals surface area (Å²) in [6.07, 6.45) is 0.839. The maximum absolute atomic E-state index is 12.3. The van der Waals surface area contributed by atoms with Crippen molar-refractivity contribution in [3.8, 4) is 11.5 Å². The number of nitro groups is 1. The van der Waals surface area contributed by atoms with Crippen molar-refractivity contribution in [2.75, 3.05) is 13.7 Å². The summed E-state index contributed by atoms with van der Waals surface area (Å²) >= 11 is 0. The predicted molar refractivity (Wildman–Crippen MR) is 104 cm³/mol. The summed E-state index contributed by atoms with van der Waals surface area (Å²) in [5.74, 6) is 1.13. The van der Waals surface area contributed by atoms with Crippen LogP contribution in [0.5, 0.6) is 11.5 Å². The Morgan fingerprint density at radius 1 is 1.18 bits per heavy atom. The molecular weight excluding hydrogens is 362 g/mol. The third-order valence-electron chi connectivity index (χ3n) is 4.36. The van der Waals surface area contributed by atoms with Crippen LogP contribution in [0.3, 0.4) is 0 Å². The Labute approximate surface area is 162 Å². The van der Waals surface area contributed by atoms with Crippen molar-refractivity contribution in [3.63, 3.8) is 0 Å². The van der Waals surface area contributed by atoms with E-state index >= 15 is 0 Å². The highest BCUT2D eigenvalue weighted by Crippen LogP contribution is 2.30. The average molecular weight is 383 g/mol. The molecule has 2 aromatic rings. The van der Waals surface area contributed by atoms with Crippen LogP contribution in [0.25, 0.3) is 0 Å². The smallest absolute Gasteiger partial charge is 0.269 e. The molecule has 0 N–H and O–H groups in total. The normalized spacial score (nSPS) is 13.9. The molecule has 0 atom stereocenters. The number of non-ortho nitro benzene ring substituents is 1. The van der Waals surface area contributed by atoms with Crippen LogP contribution in [0, 0.1) is 10.1 Å². The molecule has 28 heavy (non-hydrogen) atoms. The lowest BCUT2D eigenvalue weighted by Gasteiger charge is -2.24. The van der Waals surface area contributed by atoms with Crippen LogP contribution in [0.15, 0.2) is 47.6 Å². The van der Waals surface area contributed by atoms with E-state index in [9.17, 15) is 14.9 Å². The van der Waals surface area contributed by atoms with Crippen LogP contribution in [0.2, 0.25) is 0 Å². The first-order valence-electron chi connectivity index (χ1n) is 8.94. The Bertz CT molecular complexity index is 926. The van der Waals surface area contributed by atoms with Crippen LogP contribution >= 0.6 is 0 Å². The fourth-order valence-electron chi connectivity index (χ4n) is 3.00. The topological polar surface area (TPSA) is 94.3 Å². The summed E-state index contributed by atoms with van der Waals surface area (Å²) < 4.78 is 10.9. The van der Waals surface area contributed by atoms with E-state index in [1.54, 1.807) is 19.2 Å². The molecule has 1 aliphatic rings. The van der Waals surface area contributed by atoms with Crippen LogP contribution in [0.1, 0.15) is 30.9 Å². The molecule has 0 saturated carbocycles. The number of hydrazone groups is 1. The van der Waals surface area contributed by atoms with Gasteiger partial charge in [-0.05, 0) is 30.7 Å². The second kappa shape index (κ2) is 8.51. The predicted octanol–water partition coefficient (Wildman–Crippen LogP) is 3.53. The van der Waals surface area contributed by atoms with Crippen molar-refractivity contribution in [3.05, 3.63) is 63.7 Å². The first kappa shape index (κ1) is 19.3. The molecule has 0 bridgehead atoms. The van der Waals surface area contributed by atoms with Gasteiger partial charge in [-0.2, -0.15) is 5.10 Å². The van der Waals surface area contributed by atoms with E-state index in [4.69, 9.17) is 9.47 Å². The number of amides is 1. The number of benzene rings is 2. The van der Waals surface area contributed by atoms with E-state index in [0.29, 0.717) is 36.5 Å². The SMILES string of the molecule is CCOc1cc(C2=NN(Cc3cccc([N+](=O)[O-])c3)C(=O)CC2)ccc1OC. The number of carbonyl (C=O) groups excluding carboxylic acids is 1. The Morgan fingerprint density at radius 3 is 2.71 bits per heavy atom. The minimum absolute atomic E-state index is 0.0114. The van der Waals surface area contributed by atoms with Gasteiger partial charge in [0.1, 0.15) is 0 Å². The maximum atomic E-state index is 12.3. The second-order valence-electron chi connectivity index (χ2n) is 6.22. The van der Waals surface area contributed by atoms with Crippen molar-refractivity contribution in [2.24, 2.45) is 5.10 Å². The summed E-state index contributed by atoms with van der Waals surface area (Å²) in [6, 6.07) is 11.8. The lowest BCUT2D eigenvalue weighted by atomic mass is 10.0. The first-order chi connectivity index (χ1) is 13.5. The lowest BCUT2D eigenvalue weighted by molar-refractivity contribution is -0.384. The summed E-state index contributed by atoms with van der Waals surface area (Å²) in [7, 11) is 1.58. The standard InChI is InChI=1S/C20H21N3O5/c1-3-28-19-12-15(7-9-18(19)27-2)17-8-10-20(24)22(21-17)13-14-5-4-6-16(11-14)23(25)26/h4-7,9,11-12H,3,8,10,13H2,1-2H3. The third-order valence-corrected chi connectivity index (χ3v) is 4.36. The number of rotatable bonds is 7. The van der Waals surface area contributed by atoms with Crippen molar-refractivity contribution in [1.82, 2.24) is 5.01 Å². The quantitative estimate of drug-likeness (QED) is 0.538. The number of nitrogens with zero attached hydrogens (tertiary/aromatic N) is 3. The number of carbonyl (C=O) groups is 1. The molecule has 0 fully saturated rings. The molecule has 3 rings (SSSR count). The molecule has 1 heterocycles. The van der Waals surface area contributed by atoms with E-state index in [2.05, 4.69) is 5.10 Å². The van der Waals surface area contributed by atoms with Crippen molar-refractivity contribution >= 4 is 17.3 Å². The number of hydrogen-bond donors (Lipinski definition) is 0. The highest BCUT2D eigenvalue weighted by molar-refractivity contribution is 6.04. The van der Waals surface area contributed by atoms with Crippen LogP contribution in [-0.4, -0.2) is 35.3 Å². The Balaban J connectivity index is 1.87. The van der Waals surface area contributed by atoms with Gasteiger partial charge in [-0.1, -0.05) is 12.1 Å². The van der Waals surface area contributed by atoms with E-state index < -0.39 is 4.92 Å². The monoisotopic (exact) mass is 383 g/mol. The molecule has 0 aromatic heterocycles. The second-order valence-corrected chi connectivity index (χ2v) is 6.22. The number of methoxy groups -OCH3 is 1. The van der Waals surface area contributed by atoms with Crippen LogP contribution in [0.4, 0.5) is 5.69 Å². The molecule has 8 nitrogen and oxygen atoms in total. The average Bonchev–Trinajstić information content (AvgIpc) is 2.70. The summed E-state index contributed by atoms with van der Waals surface area (Å²) in [5.41, 5.74) is 2.24. The zero-order valence-corrected chi connectivity index (χ0v) is 15.8. The van der Waals surface area contributed by atoms with Gasteiger partial charge in [-0.15, -0.1) is 0 Å². The van der Waals surface area contributed by atoms with E-state index in [1.807, 2.05) is 25.1 Å². The largest absolute Gasteiger partial charge is 0.493 e. The van der Waals surface area contributed by atoms with Gasteiger partial charge in [0, 0.05) is 30.5 Å². The fraction of sp³-hybridized carbons (Fsp3) is 0.300. The van der Waals surface area contributed by atoms with Crippen molar-refractivity contribution in [1.29, 1.82) is 0 Å². The summed E-state index contributed by atoms with van der Waals surface area (Å²) in [6.45, 7) is 2.58. The van der Waals surface area contributed by atoms with Gasteiger partial charge in [0.25, 0.3) is 5.69 Å². The molecule has 8 heteroatoms. The molecular formula is C20H21N3O5. The zero-order chi connectivity index (χ0) is 20.1. The molecule has 0 radical (unpaired) electrons. The Morgan fingerprint density at radius 2 is 2.00 bits per heavy atom. The van der Waals surface area contributed by atoms with E-state index in [-0.39, 0.29) is 18.1 Å². The molecule has 0 unspecified atom stereocenters. The van der Waals surface area contributed by atoms with E-state index in [0.717, 1.165) is 11.3 Å². The van der Waals surface area contributed by atoms with Gasteiger partial charge in [-0.3, -0.25) is 14.9 Å². The van der Waals surface area contributed by atoms with Gasteiger partial charge in [0.2, 0.25) is 5.91 Å². The van der Waals surface area contributed by atoms with Gasteiger partial charge in [0.15, 0.2) is 11.5 Å². The van der Waals surface area contributed by atoms with Gasteiger partial charge < -0.3 is 9.47 Å². The molecule has 0 aliphatic carbocycles. The molecule has 1 aliphatic heterocycles. The zero-order valence-electron chi connectivity index (χ0n) is 15.8. The first-order valence-corrected chi connectivity index (χ1v) is 8.94. The minimum Gasteiger partial charge on any atom is -0.493 e. The van der Waals surface area contributed by atoms with Crippen molar-refractivity contribution < 1.29 is 19.2 Å².